The summed E-state index contributed by atoms with van der Waals surface area (Å²) in [4.78, 5) is 43.1. The van der Waals surface area contributed by atoms with Crippen LogP contribution in [0.25, 0.3) is 10.4 Å². The highest BCUT2D eigenvalue weighted by Gasteiger charge is 2.17. The van der Waals surface area contributed by atoms with Gasteiger partial charge in [-0.3, -0.25) is 19.4 Å². The van der Waals surface area contributed by atoms with E-state index in [1.54, 1.807) is 61.8 Å². The van der Waals surface area contributed by atoms with Gasteiger partial charge in [-0.15, -0.1) is 22.7 Å². The van der Waals surface area contributed by atoms with Gasteiger partial charge in [-0.1, -0.05) is 41.4 Å². The first-order chi connectivity index (χ1) is 18.7. The van der Waals surface area contributed by atoms with Crippen molar-refractivity contribution in [3.8, 4) is 16.2 Å². The van der Waals surface area contributed by atoms with E-state index in [1.165, 1.54) is 11.3 Å². The number of aryl methyl sites for hydroxylation is 1. The Labute approximate surface area is 243 Å². The van der Waals surface area contributed by atoms with Crippen molar-refractivity contribution in [2.75, 3.05) is 13.6 Å². The highest BCUT2D eigenvalue weighted by Crippen LogP contribution is 2.40. The first-order valence-electron chi connectivity index (χ1n) is 11.9. The minimum atomic E-state index is -0.206. The summed E-state index contributed by atoms with van der Waals surface area (Å²) < 4.78 is 0. The third-order valence-corrected chi connectivity index (χ3v) is 8.96. The molecule has 4 rings (SSSR count). The lowest BCUT2D eigenvalue weighted by atomic mass is 10.0. The average molecular weight is 600 g/mol. The van der Waals surface area contributed by atoms with Crippen molar-refractivity contribution in [3.63, 3.8) is 0 Å². The Bertz CT molecular complexity index is 1570. The van der Waals surface area contributed by atoms with E-state index in [0.29, 0.717) is 54.4 Å². The van der Waals surface area contributed by atoms with Gasteiger partial charge in [-0.2, -0.15) is 0 Å². The van der Waals surface area contributed by atoms with Crippen LogP contribution in [0.4, 0.5) is 0 Å². The molecule has 0 atom stereocenters. The van der Waals surface area contributed by atoms with Gasteiger partial charge in [0.05, 0.1) is 24.7 Å². The molecule has 10 heteroatoms. The summed E-state index contributed by atoms with van der Waals surface area (Å²) in [5, 5.41) is 15.9. The fourth-order valence-corrected chi connectivity index (χ4v) is 5.99. The molecular weight excluding hydrogens is 575 g/mol. The number of hydrogen-bond donors (Lipinski definition) is 2. The molecule has 0 bridgehead atoms. The Morgan fingerprint density at radius 2 is 1.64 bits per heavy atom. The van der Waals surface area contributed by atoms with Crippen molar-refractivity contribution in [2.45, 2.75) is 19.8 Å². The number of carbonyl (C=O) groups excluding carboxylic acids is 3. The molecule has 0 aliphatic heterocycles. The van der Waals surface area contributed by atoms with E-state index in [1.807, 2.05) is 12.1 Å². The van der Waals surface area contributed by atoms with Crippen LogP contribution in [-0.2, 0) is 6.42 Å². The zero-order valence-corrected chi connectivity index (χ0v) is 24.2. The first-order valence-corrected chi connectivity index (χ1v) is 14.4. The van der Waals surface area contributed by atoms with Gasteiger partial charge in [0.15, 0.2) is 11.6 Å². The molecular formula is C29H24Cl2N2O4S2. The lowest BCUT2D eigenvalue weighted by Crippen LogP contribution is -2.17. The fourth-order valence-electron chi connectivity index (χ4n) is 3.79. The molecule has 2 aromatic heterocycles. The maximum absolute atomic E-state index is 12.8. The van der Waals surface area contributed by atoms with Gasteiger partial charge in [0.2, 0.25) is 0 Å². The standard InChI is InChI=1S/C29H24Cl2N2O4S2/c1-16(20-15-38-28(27(20)36)19-8-9-21(30)22(31)13-19)33-14-24(35)26-12-11-25(39-26)23(34)10-5-17-3-6-18(7-4-17)29(37)32-2/h3-4,6-9,11-13,15,36H,5,10,14H2,1-2H3,(H,32,37). The van der Waals surface area contributed by atoms with E-state index in [2.05, 4.69) is 10.3 Å². The van der Waals surface area contributed by atoms with E-state index >= 15 is 0 Å². The van der Waals surface area contributed by atoms with Crippen LogP contribution in [0.1, 0.15) is 54.2 Å². The zero-order valence-electron chi connectivity index (χ0n) is 21.1. The topological polar surface area (TPSA) is 95.8 Å². The molecule has 0 saturated heterocycles. The summed E-state index contributed by atoms with van der Waals surface area (Å²) in [6.07, 6.45) is 0.829. The number of thiophene rings is 2. The summed E-state index contributed by atoms with van der Waals surface area (Å²) in [6, 6.07) is 15.6. The molecule has 0 unspecified atom stereocenters. The molecule has 0 aliphatic rings. The highest BCUT2D eigenvalue weighted by atomic mass is 35.5. The van der Waals surface area contributed by atoms with Crippen LogP contribution in [0.15, 0.2) is 65.0 Å². The molecule has 0 spiro atoms. The van der Waals surface area contributed by atoms with Gasteiger partial charge in [-0.05, 0) is 60.9 Å². The monoisotopic (exact) mass is 598 g/mol. The van der Waals surface area contributed by atoms with E-state index in [4.69, 9.17) is 23.2 Å². The second-order valence-electron chi connectivity index (χ2n) is 8.64. The number of nitrogens with zero attached hydrogens (tertiary/aromatic N) is 1. The summed E-state index contributed by atoms with van der Waals surface area (Å²) in [5.74, 6) is -0.345. The van der Waals surface area contributed by atoms with E-state index in [-0.39, 0.29) is 29.8 Å². The van der Waals surface area contributed by atoms with Crippen molar-refractivity contribution >= 4 is 69.1 Å². The van der Waals surface area contributed by atoms with Gasteiger partial charge in [0, 0.05) is 35.7 Å². The fraction of sp³-hybridized carbons (Fsp3) is 0.172. The molecule has 0 radical (unpaired) electrons. The van der Waals surface area contributed by atoms with Gasteiger partial charge in [0.25, 0.3) is 5.91 Å². The highest BCUT2D eigenvalue weighted by molar-refractivity contribution is 7.16. The number of rotatable bonds is 10. The number of aliphatic imine (C=N–C) groups is 1. The number of amides is 1. The number of Topliss-reactive ketones (excluding diaryl/α,β-unsaturated/α-hetero) is 2. The third-order valence-electron chi connectivity index (χ3n) is 6.04. The molecule has 0 saturated carbocycles. The Hall–Kier alpha value is -3.30. The lowest BCUT2D eigenvalue weighted by molar-refractivity contribution is 0.0959. The summed E-state index contributed by atoms with van der Waals surface area (Å²) in [6.45, 7) is 1.63. The van der Waals surface area contributed by atoms with Crippen molar-refractivity contribution in [3.05, 3.63) is 96.5 Å². The van der Waals surface area contributed by atoms with Crippen LogP contribution < -0.4 is 5.32 Å². The zero-order chi connectivity index (χ0) is 28.1. The van der Waals surface area contributed by atoms with Crippen LogP contribution in [0.3, 0.4) is 0 Å². The Kier molecular flexibility index (Phi) is 9.35. The van der Waals surface area contributed by atoms with Crippen LogP contribution >= 0.6 is 45.9 Å². The molecule has 0 fully saturated rings. The van der Waals surface area contributed by atoms with Crippen molar-refractivity contribution in [2.24, 2.45) is 4.99 Å². The van der Waals surface area contributed by atoms with Crippen LogP contribution in [0.5, 0.6) is 5.75 Å². The molecule has 2 heterocycles. The van der Waals surface area contributed by atoms with Crippen LogP contribution in [-0.4, -0.2) is 41.9 Å². The summed E-state index contributed by atoms with van der Waals surface area (Å²) >= 11 is 14.6. The third kappa shape index (κ3) is 6.83. The smallest absolute Gasteiger partial charge is 0.251 e. The van der Waals surface area contributed by atoms with Crippen LogP contribution in [0, 0.1) is 0 Å². The van der Waals surface area contributed by atoms with Crippen molar-refractivity contribution < 1.29 is 19.5 Å². The molecule has 4 aromatic rings. The SMILES string of the molecule is CNC(=O)c1ccc(CCC(=O)c2ccc(C(=O)CN=C(C)c3csc(-c4ccc(Cl)c(Cl)c4)c3O)s2)cc1. The predicted octanol–water partition coefficient (Wildman–Crippen LogP) is 7.36. The second kappa shape index (κ2) is 12.7. The molecule has 0 aliphatic carbocycles. The quantitative estimate of drug-likeness (QED) is 0.147. The summed E-state index contributed by atoms with van der Waals surface area (Å²) in [5.41, 5.74) is 3.32. The van der Waals surface area contributed by atoms with Crippen molar-refractivity contribution in [1.29, 1.82) is 0 Å². The average Bonchev–Trinajstić information content (AvgIpc) is 3.59. The number of halogens is 2. The Balaban J connectivity index is 1.36. The normalized spacial score (nSPS) is 11.4. The maximum Gasteiger partial charge on any atom is 0.251 e. The van der Waals surface area contributed by atoms with Gasteiger partial charge in [0.1, 0.15) is 12.3 Å². The number of carbonyl (C=O) groups is 3. The molecule has 39 heavy (non-hydrogen) atoms. The number of benzene rings is 2. The maximum atomic E-state index is 12.8. The second-order valence-corrected chi connectivity index (χ2v) is 11.4. The molecule has 2 aromatic carbocycles. The minimum absolute atomic E-state index is 0.0489. The van der Waals surface area contributed by atoms with Crippen molar-refractivity contribution in [1.82, 2.24) is 5.32 Å². The van der Waals surface area contributed by atoms with Gasteiger partial charge < -0.3 is 10.4 Å². The number of aromatic hydroxyl groups is 1. The molecule has 6 nitrogen and oxygen atoms in total. The Morgan fingerprint density at radius 1 is 0.949 bits per heavy atom. The molecule has 200 valence electrons. The van der Waals surface area contributed by atoms with E-state index in [9.17, 15) is 19.5 Å². The van der Waals surface area contributed by atoms with E-state index in [0.717, 1.165) is 22.5 Å². The number of ketones is 2. The predicted molar refractivity (Wildman–Crippen MR) is 160 cm³/mol. The molecule has 2 N–H and O–H groups in total. The molecule has 1 amide bonds. The van der Waals surface area contributed by atoms with Gasteiger partial charge in [-0.25, -0.2) is 0 Å². The first kappa shape index (κ1) is 28.7. The van der Waals surface area contributed by atoms with Gasteiger partial charge >= 0.3 is 0 Å². The Morgan fingerprint density at radius 3 is 2.31 bits per heavy atom. The van der Waals surface area contributed by atoms with E-state index < -0.39 is 0 Å². The lowest BCUT2D eigenvalue weighted by Gasteiger charge is -2.03. The van der Waals surface area contributed by atoms with Crippen LogP contribution in [0.2, 0.25) is 10.0 Å². The number of hydrogen-bond acceptors (Lipinski definition) is 7. The number of nitrogens with one attached hydrogen (secondary N) is 1. The largest absolute Gasteiger partial charge is 0.506 e. The summed E-state index contributed by atoms with van der Waals surface area (Å²) in [7, 11) is 1.58. The minimum Gasteiger partial charge on any atom is -0.506 e.